The van der Waals surface area contributed by atoms with Gasteiger partial charge in [-0.2, -0.15) is 5.10 Å². The lowest BCUT2D eigenvalue weighted by atomic mass is 10.00. The first-order valence-electron chi connectivity index (χ1n) is 6.11. The van der Waals surface area contributed by atoms with Gasteiger partial charge in [-0.15, -0.1) is 0 Å². The molecule has 0 fully saturated rings. The molecule has 7 heteroatoms. The minimum Gasteiger partial charge on any atom is -0.394 e. The molecule has 1 heterocycles. The first kappa shape index (κ1) is 15.9. The Morgan fingerprint density at radius 2 is 2.32 bits per heavy atom. The van der Waals surface area contributed by atoms with Gasteiger partial charge in [0.1, 0.15) is 5.02 Å². The van der Waals surface area contributed by atoms with Crippen LogP contribution in [0.4, 0.5) is 5.69 Å². The van der Waals surface area contributed by atoms with Crippen molar-refractivity contribution < 1.29 is 9.84 Å². The van der Waals surface area contributed by atoms with E-state index in [2.05, 4.69) is 10.4 Å². The number of nitrogens with zero attached hydrogens (tertiary/aromatic N) is 2. The largest absolute Gasteiger partial charge is 0.394 e. The summed E-state index contributed by atoms with van der Waals surface area (Å²) in [6.07, 6.45) is 2.18. The smallest absolute Gasteiger partial charge is 0.287 e. The van der Waals surface area contributed by atoms with Gasteiger partial charge in [0, 0.05) is 7.11 Å². The van der Waals surface area contributed by atoms with Crippen LogP contribution in [0.5, 0.6) is 0 Å². The zero-order valence-electron chi connectivity index (χ0n) is 11.4. The fourth-order valence-corrected chi connectivity index (χ4v) is 1.65. The van der Waals surface area contributed by atoms with E-state index in [0.29, 0.717) is 25.3 Å². The summed E-state index contributed by atoms with van der Waals surface area (Å²) in [4.78, 5) is 12.0. The predicted octanol–water partition coefficient (Wildman–Crippen LogP) is 1.12. The number of ether oxygens (including phenoxy) is 1. The molecule has 108 valence electrons. The third-order valence-electron chi connectivity index (χ3n) is 3.06. The van der Waals surface area contributed by atoms with E-state index in [1.54, 1.807) is 7.11 Å². The van der Waals surface area contributed by atoms with Crippen LogP contribution in [-0.2, 0) is 11.3 Å². The van der Waals surface area contributed by atoms with Gasteiger partial charge in [0.15, 0.2) is 0 Å². The topological polar surface area (TPSA) is 76.4 Å². The van der Waals surface area contributed by atoms with Gasteiger partial charge in [-0.1, -0.05) is 18.5 Å². The number of aliphatic hydroxyl groups excluding tert-OH is 1. The molecule has 0 aliphatic heterocycles. The fraction of sp³-hybridized carbons (Fsp3) is 0.667. The normalized spacial score (nSPS) is 14.2. The molecular weight excluding hydrogens is 270 g/mol. The number of hydrogen-bond acceptors (Lipinski definition) is 5. The van der Waals surface area contributed by atoms with Crippen LogP contribution in [0.2, 0.25) is 5.02 Å². The molecule has 19 heavy (non-hydrogen) atoms. The van der Waals surface area contributed by atoms with Crippen molar-refractivity contribution in [3.05, 3.63) is 21.6 Å². The van der Waals surface area contributed by atoms with Crippen LogP contribution >= 0.6 is 11.6 Å². The molecule has 0 saturated heterocycles. The molecular formula is C12H20ClN3O3. The maximum Gasteiger partial charge on any atom is 0.287 e. The van der Waals surface area contributed by atoms with E-state index < -0.39 is 5.54 Å². The first-order chi connectivity index (χ1) is 8.97. The van der Waals surface area contributed by atoms with Gasteiger partial charge < -0.3 is 15.2 Å². The standard InChI is InChI=1S/C12H20ClN3O3/c1-4-12(2,8-17)15-9-7-14-16(5-6-19-3)11(18)10(9)13/h7,15,17H,4-6,8H2,1-3H3. The molecule has 1 aromatic heterocycles. The second-order valence-electron chi connectivity index (χ2n) is 4.59. The lowest BCUT2D eigenvalue weighted by molar-refractivity contribution is 0.182. The Labute approximate surface area is 117 Å². The van der Waals surface area contributed by atoms with Crippen LogP contribution in [0, 0.1) is 0 Å². The Morgan fingerprint density at radius 1 is 1.63 bits per heavy atom. The van der Waals surface area contributed by atoms with Crippen molar-refractivity contribution >= 4 is 17.3 Å². The number of nitrogens with one attached hydrogen (secondary N) is 1. The first-order valence-corrected chi connectivity index (χ1v) is 6.49. The van der Waals surface area contributed by atoms with Crippen LogP contribution in [-0.4, -0.2) is 40.7 Å². The van der Waals surface area contributed by atoms with Crippen molar-refractivity contribution in [3.8, 4) is 0 Å². The van der Waals surface area contributed by atoms with Crippen LogP contribution in [0.15, 0.2) is 11.0 Å². The average Bonchev–Trinajstić information content (AvgIpc) is 2.43. The molecule has 1 rings (SSSR count). The highest BCUT2D eigenvalue weighted by molar-refractivity contribution is 6.32. The van der Waals surface area contributed by atoms with E-state index in [0.717, 1.165) is 0 Å². The summed E-state index contributed by atoms with van der Waals surface area (Å²) in [7, 11) is 1.55. The minimum atomic E-state index is -0.531. The lowest BCUT2D eigenvalue weighted by Gasteiger charge is -2.28. The van der Waals surface area contributed by atoms with E-state index >= 15 is 0 Å². The van der Waals surface area contributed by atoms with Gasteiger partial charge in [-0.25, -0.2) is 4.68 Å². The summed E-state index contributed by atoms with van der Waals surface area (Å²) in [5.74, 6) is 0. The summed E-state index contributed by atoms with van der Waals surface area (Å²) < 4.78 is 6.14. The summed E-state index contributed by atoms with van der Waals surface area (Å²) >= 11 is 6.04. The van der Waals surface area contributed by atoms with Gasteiger partial charge in [0.2, 0.25) is 0 Å². The molecule has 0 aliphatic rings. The summed E-state index contributed by atoms with van der Waals surface area (Å²) in [6.45, 7) is 4.45. The summed E-state index contributed by atoms with van der Waals surface area (Å²) in [5, 5.41) is 16.5. The number of anilines is 1. The van der Waals surface area contributed by atoms with Crippen LogP contribution < -0.4 is 10.9 Å². The summed E-state index contributed by atoms with van der Waals surface area (Å²) in [6, 6.07) is 0. The van der Waals surface area contributed by atoms with Gasteiger partial charge >= 0.3 is 0 Å². The Hall–Kier alpha value is -1.11. The molecule has 0 bridgehead atoms. The Balaban J connectivity index is 2.99. The number of rotatable bonds is 7. The van der Waals surface area contributed by atoms with Crippen LogP contribution in [0.25, 0.3) is 0 Å². The molecule has 0 saturated carbocycles. The zero-order chi connectivity index (χ0) is 14.5. The monoisotopic (exact) mass is 289 g/mol. The summed E-state index contributed by atoms with van der Waals surface area (Å²) in [5.41, 5.74) is -0.477. The Bertz CT molecular complexity index is 472. The van der Waals surface area contributed by atoms with Gasteiger partial charge in [-0.3, -0.25) is 4.79 Å². The molecule has 1 unspecified atom stereocenters. The van der Waals surface area contributed by atoms with E-state index in [9.17, 15) is 9.90 Å². The van der Waals surface area contributed by atoms with Crippen molar-refractivity contribution in [2.24, 2.45) is 0 Å². The highest BCUT2D eigenvalue weighted by Crippen LogP contribution is 2.22. The minimum absolute atomic E-state index is 0.0629. The molecule has 0 amide bonds. The predicted molar refractivity (Wildman–Crippen MR) is 74.8 cm³/mol. The van der Waals surface area contributed by atoms with Crippen molar-refractivity contribution in [1.29, 1.82) is 0 Å². The van der Waals surface area contributed by atoms with Gasteiger partial charge in [0.05, 0.1) is 37.2 Å². The number of halogens is 1. The highest BCUT2D eigenvalue weighted by Gasteiger charge is 2.22. The van der Waals surface area contributed by atoms with Crippen molar-refractivity contribution in [2.75, 3.05) is 25.6 Å². The lowest BCUT2D eigenvalue weighted by Crippen LogP contribution is -2.39. The van der Waals surface area contributed by atoms with Gasteiger partial charge in [0.25, 0.3) is 5.56 Å². The van der Waals surface area contributed by atoms with E-state index in [-0.39, 0.29) is 17.2 Å². The third kappa shape index (κ3) is 3.92. The highest BCUT2D eigenvalue weighted by atomic mass is 35.5. The third-order valence-corrected chi connectivity index (χ3v) is 3.42. The van der Waals surface area contributed by atoms with Crippen LogP contribution in [0.1, 0.15) is 20.3 Å². The van der Waals surface area contributed by atoms with Crippen LogP contribution in [0.3, 0.4) is 0 Å². The molecule has 0 aromatic carbocycles. The molecule has 0 aliphatic carbocycles. The fourth-order valence-electron chi connectivity index (χ4n) is 1.45. The Morgan fingerprint density at radius 3 is 2.84 bits per heavy atom. The molecule has 1 aromatic rings. The van der Waals surface area contributed by atoms with Crippen molar-refractivity contribution in [2.45, 2.75) is 32.4 Å². The second kappa shape index (κ2) is 6.88. The zero-order valence-corrected chi connectivity index (χ0v) is 12.2. The molecule has 1 atom stereocenters. The molecule has 2 N–H and O–H groups in total. The number of aliphatic hydroxyl groups is 1. The second-order valence-corrected chi connectivity index (χ2v) is 4.97. The SMILES string of the molecule is CCC(C)(CO)Nc1cnn(CCOC)c(=O)c1Cl. The average molecular weight is 290 g/mol. The van der Waals surface area contributed by atoms with E-state index in [1.807, 2.05) is 13.8 Å². The number of hydrogen-bond donors (Lipinski definition) is 2. The molecule has 0 spiro atoms. The van der Waals surface area contributed by atoms with Crippen molar-refractivity contribution in [1.82, 2.24) is 9.78 Å². The maximum atomic E-state index is 12.0. The van der Waals surface area contributed by atoms with Gasteiger partial charge in [-0.05, 0) is 13.3 Å². The number of methoxy groups -OCH3 is 1. The molecule has 0 radical (unpaired) electrons. The molecule has 6 nitrogen and oxygen atoms in total. The van der Waals surface area contributed by atoms with E-state index in [1.165, 1.54) is 10.9 Å². The van der Waals surface area contributed by atoms with E-state index in [4.69, 9.17) is 16.3 Å². The quantitative estimate of drug-likeness (QED) is 0.786. The maximum absolute atomic E-state index is 12.0. The Kier molecular flexibility index (Phi) is 5.78. The number of aromatic nitrogens is 2. The van der Waals surface area contributed by atoms with Crippen molar-refractivity contribution in [3.63, 3.8) is 0 Å².